The standard InChI is InChI=1S/C19H14F6N2O2/c20-18(21,22)12-6-11(7-13(8-12)19(23,24)25)17(29)27-15-3-1-2-14(9-15)26-16(28)10-4-5-10/h1-3,6-10H,4-5H2,(H,26,28)(H,27,29). The highest BCUT2D eigenvalue weighted by molar-refractivity contribution is 6.05. The molecule has 1 aliphatic carbocycles. The summed E-state index contributed by atoms with van der Waals surface area (Å²) in [6.45, 7) is 0. The van der Waals surface area contributed by atoms with Crippen LogP contribution in [0, 0.1) is 5.92 Å². The molecule has 2 aromatic carbocycles. The van der Waals surface area contributed by atoms with Crippen molar-refractivity contribution in [2.45, 2.75) is 25.2 Å². The van der Waals surface area contributed by atoms with E-state index in [2.05, 4.69) is 10.6 Å². The normalized spacial score (nSPS) is 14.4. The molecule has 0 bridgehead atoms. The van der Waals surface area contributed by atoms with Gasteiger partial charge in [0.15, 0.2) is 0 Å². The molecular formula is C19H14F6N2O2. The summed E-state index contributed by atoms with van der Waals surface area (Å²) in [7, 11) is 0. The fourth-order valence-corrected chi connectivity index (χ4v) is 2.55. The zero-order valence-electron chi connectivity index (χ0n) is 14.6. The second-order valence-corrected chi connectivity index (χ2v) is 6.59. The van der Waals surface area contributed by atoms with Crippen LogP contribution in [0.2, 0.25) is 0 Å². The number of alkyl halides is 6. The molecule has 1 aliphatic rings. The SMILES string of the molecule is O=C(Nc1cccc(NC(=O)C2CC2)c1)c1cc(C(F)(F)F)cc(C(F)(F)F)c1. The molecule has 4 nitrogen and oxygen atoms in total. The Morgan fingerprint density at radius 1 is 0.793 bits per heavy atom. The quantitative estimate of drug-likeness (QED) is 0.663. The van der Waals surface area contributed by atoms with E-state index in [1.54, 1.807) is 6.07 Å². The third kappa shape index (κ3) is 5.27. The summed E-state index contributed by atoms with van der Waals surface area (Å²) < 4.78 is 77.6. The smallest absolute Gasteiger partial charge is 0.326 e. The predicted molar refractivity (Wildman–Crippen MR) is 92.2 cm³/mol. The Bertz CT molecular complexity index is 916. The van der Waals surface area contributed by atoms with E-state index in [1.165, 1.54) is 18.2 Å². The highest BCUT2D eigenvalue weighted by Gasteiger charge is 2.37. The average molecular weight is 416 g/mol. The minimum atomic E-state index is -5.05. The molecule has 3 rings (SSSR count). The predicted octanol–water partition coefficient (Wildman–Crippen LogP) is 5.33. The van der Waals surface area contributed by atoms with Crippen LogP contribution in [0.3, 0.4) is 0 Å². The fraction of sp³-hybridized carbons (Fsp3) is 0.263. The molecule has 0 unspecified atom stereocenters. The maximum Gasteiger partial charge on any atom is 0.416 e. The van der Waals surface area contributed by atoms with Crippen molar-refractivity contribution in [2.24, 2.45) is 5.92 Å². The molecule has 0 heterocycles. The van der Waals surface area contributed by atoms with E-state index in [4.69, 9.17) is 0 Å². The first kappa shape index (κ1) is 20.7. The Hall–Kier alpha value is -3.04. The lowest BCUT2D eigenvalue weighted by Crippen LogP contribution is -2.17. The highest BCUT2D eigenvalue weighted by atomic mass is 19.4. The van der Waals surface area contributed by atoms with Crippen LogP contribution in [0.4, 0.5) is 37.7 Å². The first-order valence-electron chi connectivity index (χ1n) is 8.45. The zero-order valence-corrected chi connectivity index (χ0v) is 14.6. The maximum atomic E-state index is 12.9. The number of hydrogen-bond acceptors (Lipinski definition) is 2. The van der Waals surface area contributed by atoms with Gasteiger partial charge in [-0.2, -0.15) is 26.3 Å². The van der Waals surface area contributed by atoms with Crippen LogP contribution < -0.4 is 10.6 Å². The van der Waals surface area contributed by atoms with Gasteiger partial charge in [-0.3, -0.25) is 9.59 Å². The van der Waals surface area contributed by atoms with E-state index in [0.717, 1.165) is 12.8 Å². The van der Waals surface area contributed by atoms with E-state index < -0.39 is 35.0 Å². The van der Waals surface area contributed by atoms with Crippen molar-refractivity contribution in [3.8, 4) is 0 Å². The summed E-state index contributed by atoms with van der Waals surface area (Å²) in [5.74, 6) is -1.41. The van der Waals surface area contributed by atoms with Crippen molar-refractivity contribution in [3.63, 3.8) is 0 Å². The molecule has 0 atom stereocenters. The van der Waals surface area contributed by atoms with Gasteiger partial charge in [-0.25, -0.2) is 0 Å². The molecule has 2 amide bonds. The molecule has 0 aromatic heterocycles. The number of rotatable bonds is 4. The number of hydrogen-bond donors (Lipinski definition) is 2. The third-order valence-corrected chi connectivity index (χ3v) is 4.19. The molecule has 1 saturated carbocycles. The van der Waals surface area contributed by atoms with Crippen molar-refractivity contribution in [2.75, 3.05) is 10.6 Å². The number of carbonyl (C=O) groups is 2. The molecule has 0 spiro atoms. The summed E-state index contributed by atoms with van der Waals surface area (Å²) in [6, 6.07) is 6.42. The van der Waals surface area contributed by atoms with E-state index in [9.17, 15) is 35.9 Å². The summed E-state index contributed by atoms with van der Waals surface area (Å²) in [4.78, 5) is 24.1. The van der Waals surface area contributed by atoms with Gasteiger partial charge in [0.2, 0.25) is 5.91 Å². The first-order valence-corrected chi connectivity index (χ1v) is 8.45. The maximum absolute atomic E-state index is 12.9. The van der Waals surface area contributed by atoms with E-state index >= 15 is 0 Å². The third-order valence-electron chi connectivity index (χ3n) is 4.19. The topological polar surface area (TPSA) is 58.2 Å². The number of amides is 2. The molecule has 0 aliphatic heterocycles. The lowest BCUT2D eigenvalue weighted by atomic mass is 10.0. The largest absolute Gasteiger partial charge is 0.416 e. The molecule has 0 saturated heterocycles. The van der Waals surface area contributed by atoms with E-state index in [-0.39, 0.29) is 23.6 Å². The molecule has 29 heavy (non-hydrogen) atoms. The summed E-state index contributed by atoms with van der Waals surface area (Å²) in [5.41, 5.74) is -3.50. The van der Waals surface area contributed by atoms with Crippen LogP contribution in [0.25, 0.3) is 0 Å². The number of nitrogens with one attached hydrogen (secondary N) is 2. The Balaban J connectivity index is 1.84. The molecular weight excluding hydrogens is 402 g/mol. The van der Waals surface area contributed by atoms with Gasteiger partial charge in [0, 0.05) is 22.9 Å². The van der Waals surface area contributed by atoms with E-state index in [0.29, 0.717) is 17.8 Å². The molecule has 2 N–H and O–H groups in total. The Morgan fingerprint density at radius 3 is 1.79 bits per heavy atom. The Morgan fingerprint density at radius 2 is 1.31 bits per heavy atom. The van der Waals surface area contributed by atoms with Gasteiger partial charge in [0.25, 0.3) is 5.91 Å². The van der Waals surface area contributed by atoms with E-state index in [1.807, 2.05) is 0 Å². The lowest BCUT2D eigenvalue weighted by Gasteiger charge is -2.14. The van der Waals surface area contributed by atoms with Gasteiger partial charge >= 0.3 is 12.4 Å². The summed E-state index contributed by atoms with van der Waals surface area (Å²) in [6.07, 6.45) is -8.55. The first-order chi connectivity index (χ1) is 13.4. The van der Waals surface area contributed by atoms with Crippen molar-refractivity contribution in [1.82, 2.24) is 0 Å². The Kier molecular flexibility index (Phi) is 5.29. The number of anilines is 2. The Labute approximate surface area is 160 Å². The van der Waals surface area contributed by atoms with Crippen molar-refractivity contribution in [3.05, 3.63) is 59.2 Å². The molecule has 2 aromatic rings. The highest BCUT2D eigenvalue weighted by Crippen LogP contribution is 2.36. The van der Waals surface area contributed by atoms with Crippen LogP contribution in [0.1, 0.15) is 34.3 Å². The average Bonchev–Trinajstić information content (AvgIpc) is 3.45. The summed E-state index contributed by atoms with van der Waals surface area (Å²) in [5, 5.41) is 4.88. The number of halogens is 6. The van der Waals surface area contributed by atoms with Gasteiger partial charge in [0.05, 0.1) is 11.1 Å². The van der Waals surface area contributed by atoms with Gasteiger partial charge < -0.3 is 10.6 Å². The monoisotopic (exact) mass is 416 g/mol. The van der Waals surface area contributed by atoms with Gasteiger partial charge in [-0.15, -0.1) is 0 Å². The van der Waals surface area contributed by atoms with Gasteiger partial charge in [0.1, 0.15) is 0 Å². The minimum Gasteiger partial charge on any atom is -0.326 e. The zero-order chi connectivity index (χ0) is 21.4. The molecule has 1 fully saturated rings. The van der Waals surface area contributed by atoms with Crippen molar-refractivity contribution < 1.29 is 35.9 Å². The van der Waals surface area contributed by atoms with Crippen LogP contribution >= 0.6 is 0 Å². The van der Waals surface area contributed by atoms with Crippen LogP contribution in [-0.2, 0) is 17.1 Å². The minimum absolute atomic E-state index is 0.0508. The van der Waals surface area contributed by atoms with Gasteiger partial charge in [-0.05, 0) is 49.2 Å². The summed E-state index contributed by atoms with van der Waals surface area (Å²) >= 11 is 0. The van der Waals surface area contributed by atoms with Crippen molar-refractivity contribution >= 4 is 23.2 Å². The second-order valence-electron chi connectivity index (χ2n) is 6.59. The number of benzene rings is 2. The van der Waals surface area contributed by atoms with Crippen molar-refractivity contribution in [1.29, 1.82) is 0 Å². The van der Waals surface area contributed by atoms with Gasteiger partial charge in [-0.1, -0.05) is 6.07 Å². The number of carbonyl (C=O) groups excluding carboxylic acids is 2. The van der Waals surface area contributed by atoms with Crippen LogP contribution in [0.5, 0.6) is 0 Å². The molecule has 154 valence electrons. The fourth-order valence-electron chi connectivity index (χ4n) is 2.55. The van der Waals surface area contributed by atoms with Crippen LogP contribution in [-0.4, -0.2) is 11.8 Å². The molecule has 10 heteroatoms. The second kappa shape index (κ2) is 7.41. The lowest BCUT2D eigenvalue weighted by molar-refractivity contribution is -0.143. The van der Waals surface area contributed by atoms with Crippen LogP contribution in [0.15, 0.2) is 42.5 Å². The molecule has 0 radical (unpaired) electrons.